The molecule has 2 N–H and O–H groups in total. The molecule has 0 bridgehead atoms. The van der Waals surface area contributed by atoms with E-state index in [1.807, 2.05) is 0 Å². The second-order valence-corrected chi connectivity index (χ2v) is 7.91. The van der Waals surface area contributed by atoms with Gasteiger partial charge in [0.2, 0.25) is 5.91 Å². The van der Waals surface area contributed by atoms with E-state index in [0.717, 1.165) is 25.8 Å². The van der Waals surface area contributed by atoms with Crippen LogP contribution < -0.4 is 10.9 Å². The number of amides is 1. The van der Waals surface area contributed by atoms with E-state index < -0.39 is 0 Å². The van der Waals surface area contributed by atoms with Crippen LogP contribution in [0.5, 0.6) is 0 Å². The molecule has 0 radical (unpaired) electrons. The maximum Gasteiger partial charge on any atom is 0.237 e. The van der Waals surface area contributed by atoms with E-state index in [1.165, 1.54) is 89.9 Å². The van der Waals surface area contributed by atoms with Crippen LogP contribution in [0.4, 0.5) is 0 Å². The minimum absolute atomic E-state index is 0.178. The topological polar surface area (TPSA) is 41.1 Å². The van der Waals surface area contributed by atoms with Gasteiger partial charge in [-0.3, -0.25) is 10.2 Å². The van der Waals surface area contributed by atoms with Crippen molar-refractivity contribution < 1.29 is 4.79 Å². The Morgan fingerprint density at radius 2 is 1.12 bits per heavy atom. The van der Waals surface area contributed by atoms with Gasteiger partial charge in [-0.25, -0.2) is 5.43 Å². The van der Waals surface area contributed by atoms with Crippen LogP contribution in [0, 0.1) is 5.92 Å². The zero-order valence-corrected chi connectivity index (χ0v) is 18.2. The first kappa shape index (κ1) is 25.4. The van der Waals surface area contributed by atoms with Gasteiger partial charge in [-0.15, -0.1) is 0 Å². The highest BCUT2D eigenvalue weighted by molar-refractivity contribution is 5.77. The third-order valence-corrected chi connectivity index (χ3v) is 5.39. The Bertz CT molecular complexity index is 294. The molecular formula is C23H48N2O. The van der Waals surface area contributed by atoms with E-state index in [2.05, 4.69) is 31.6 Å². The number of unbranched alkanes of at least 4 members (excludes halogenated alkanes) is 13. The minimum atomic E-state index is 0.178. The molecule has 1 amide bonds. The van der Waals surface area contributed by atoms with Crippen molar-refractivity contribution in [1.82, 2.24) is 10.9 Å². The van der Waals surface area contributed by atoms with Crippen molar-refractivity contribution in [2.75, 3.05) is 6.54 Å². The molecule has 0 heterocycles. The molecule has 3 nitrogen and oxygen atoms in total. The van der Waals surface area contributed by atoms with Gasteiger partial charge in [-0.2, -0.15) is 0 Å². The highest BCUT2D eigenvalue weighted by Crippen LogP contribution is 2.16. The number of hydrazine groups is 1. The Morgan fingerprint density at radius 3 is 1.62 bits per heavy atom. The molecule has 0 saturated carbocycles. The summed E-state index contributed by atoms with van der Waals surface area (Å²) < 4.78 is 0. The quantitative estimate of drug-likeness (QED) is 0.181. The molecule has 1 unspecified atom stereocenters. The molecule has 0 aromatic heterocycles. The van der Waals surface area contributed by atoms with E-state index in [4.69, 9.17) is 0 Å². The zero-order valence-electron chi connectivity index (χ0n) is 18.2. The van der Waals surface area contributed by atoms with Crippen LogP contribution in [0.2, 0.25) is 0 Å². The summed E-state index contributed by atoms with van der Waals surface area (Å²) >= 11 is 0. The molecule has 0 aliphatic heterocycles. The lowest BCUT2D eigenvalue weighted by atomic mass is 9.97. The minimum Gasteiger partial charge on any atom is -0.291 e. The fourth-order valence-corrected chi connectivity index (χ4v) is 3.47. The lowest BCUT2D eigenvalue weighted by molar-refractivity contribution is -0.126. The highest BCUT2D eigenvalue weighted by atomic mass is 16.2. The first-order chi connectivity index (χ1) is 12.8. The van der Waals surface area contributed by atoms with E-state index in [-0.39, 0.29) is 11.8 Å². The number of rotatable bonds is 20. The Kier molecular flexibility index (Phi) is 20.3. The standard InChI is InChI=1S/C23H48N2O/c1-4-7-9-10-11-12-13-14-15-16-17-18-20-22(6-3)23(26)25-24-21-19-8-5-2/h22,24H,4-21H2,1-3H3,(H,25,26). The highest BCUT2D eigenvalue weighted by Gasteiger charge is 2.15. The Balaban J connectivity index is 3.43. The summed E-state index contributed by atoms with van der Waals surface area (Å²) in [7, 11) is 0. The lowest BCUT2D eigenvalue weighted by Crippen LogP contribution is -2.41. The molecule has 1 atom stereocenters. The van der Waals surface area contributed by atoms with Gasteiger partial charge in [-0.1, -0.05) is 111 Å². The average Bonchev–Trinajstić information content (AvgIpc) is 2.65. The van der Waals surface area contributed by atoms with Crippen LogP contribution >= 0.6 is 0 Å². The van der Waals surface area contributed by atoms with Crippen LogP contribution in [0.15, 0.2) is 0 Å². The van der Waals surface area contributed by atoms with Gasteiger partial charge in [-0.05, 0) is 19.3 Å². The SMILES string of the molecule is CCCCCCCCCCCCCCC(CC)C(=O)NNCCCCC. The van der Waals surface area contributed by atoms with Gasteiger partial charge in [0.25, 0.3) is 0 Å². The van der Waals surface area contributed by atoms with Crippen molar-refractivity contribution in [3.05, 3.63) is 0 Å². The van der Waals surface area contributed by atoms with Crippen LogP contribution in [-0.2, 0) is 4.79 Å². The van der Waals surface area contributed by atoms with Crippen molar-refractivity contribution in [1.29, 1.82) is 0 Å². The molecule has 0 aromatic rings. The summed E-state index contributed by atoms with van der Waals surface area (Å²) in [6, 6.07) is 0. The molecule has 3 heteroatoms. The van der Waals surface area contributed by atoms with Gasteiger partial charge in [0.15, 0.2) is 0 Å². The summed E-state index contributed by atoms with van der Waals surface area (Å²) in [6.07, 6.45) is 22.0. The Labute approximate surface area is 164 Å². The van der Waals surface area contributed by atoms with Crippen LogP contribution in [0.3, 0.4) is 0 Å². The predicted octanol–water partition coefficient (Wildman–Crippen LogP) is 6.91. The van der Waals surface area contributed by atoms with Crippen molar-refractivity contribution in [2.24, 2.45) is 5.92 Å². The summed E-state index contributed by atoms with van der Waals surface area (Å²) in [5.74, 6) is 0.365. The summed E-state index contributed by atoms with van der Waals surface area (Å²) in [5, 5.41) is 0. The van der Waals surface area contributed by atoms with E-state index in [0.29, 0.717) is 0 Å². The largest absolute Gasteiger partial charge is 0.291 e. The normalized spacial score (nSPS) is 12.3. The lowest BCUT2D eigenvalue weighted by Gasteiger charge is -2.15. The average molecular weight is 369 g/mol. The molecule has 0 fully saturated rings. The first-order valence-electron chi connectivity index (χ1n) is 11.8. The van der Waals surface area contributed by atoms with Gasteiger partial charge in [0.05, 0.1) is 0 Å². The zero-order chi connectivity index (χ0) is 19.3. The molecule has 0 saturated heterocycles. The second kappa shape index (κ2) is 20.7. The van der Waals surface area contributed by atoms with E-state index >= 15 is 0 Å². The third kappa shape index (κ3) is 16.9. The second-order valence-electron chi connectivity index (χ2n) is 7.91. The van der Waals surface area contributed by atoms with Crippen LogP contribution in [0.25, 0.3) is 0 Å². The van der Waals surface area contributed by atoms with Crippen molar-refractivity contribution >= 4 is 5.91 Å². The number of nitrogens with one attached hydrogen (secondary N) is 2. The predicted molar refractivity (Wildman–Crippen MR) is 115 cm³/mol. The Hall–Kier alpha value is -0.570. The maximum absolute atomic E-state index is 12.2. The summed E-state index contributed by atoms with van der Waals surface area (Å²) in [5.41, 5.74) is 5.98. The number of hydrogen-bond donors (Lipinski definition) is 2. The summed E-state index contributed by atoms with van der Waals surface area (Å²) in [4.78, 5) is 12.2. The van der Waals surface area contributed by atoms with Gasteiger partial charge in [0.1, 0.15) is 0 Å². The molecule has 0 spiro atoms. The van der Waals surface area contributed by atoms with Crippen LogP contribution in [0.1, 0.15) is 130 Å². The van der Waals surface area contributed by atoms with Crippen LogP contribution in [-0.4, -0.2) is 12.5 Å². The molecule has 156 valence electrons. The molecule has 0 aliphatic carbocycles. The molecule has 0 aliphatic rings. The van der Waals surface area contributed by atoms with Gasteiger partial charge in [0, 0.05) is 12.5 Å². The first-order valence-corrected chi connectivity index (χ1v) is 11.8. The van der Waals surface area contributed by atoms with Crippen molar-refractivity contribution in [3.8, 4) is 0 Å². The third-order valence-electron chi connectivity index (χ3n) is 5.39. The van der Waals surface area contributed by atoms with Crippen molar-refractivity contribution in [2.45, 2.75) is 130 Å². The Morgan fingerprint density at radius 1 is 0.654 bits per heavy atom. The molecule has 26 heavy (non-hydrogen) atoms. The summed E-state index contributed by atoms with van der Waals surface area (Å²) in [6.45, 7) is 7.48. The molecule has 0 aromatic carbocycles. The van der Waals surface area contributed by atoms with Gasteiger partial charge < -0.3 is 0 Å². The van der Waals surface area contributed by atoms with Gasteiger partial charge >= 0.3 is 0 Å². The maximum atomic E-state index is 12.2. The molecule has 0 rings (SSSR count). The fraction of sp³-hybridized carbons (Fsp3) is 0.957. The van der Waals surface area contributed by atoms with E-state index in [1.54, 1.807) is 0 Å². The monoisotopic (exact) mass is 368 g/mol. The van der Waals surface area contributed by atoms with E-state index in [9.17, 15) is 4.79 Å². The molecular weight excluding hydrogens is 320 g/mol. The van der Waals surface area contributed by atoms with Crippen molar-refractivity contribution in [3.63, 3.8) is 0 Å². The fourth-order valence-electron chi connectivity index (χ4n) is 3.47. The number of hydrogen-bond acceptors (Lipinski definition) is 2. The smallest absolute Gasteiger partial charge is 0.237 e. The number of carbonyl (C=O) groups excluding carboxylic acids is 1. The number of carbonyl (C=O) groups is 1.